The third-order valence-electron chi connectivity index (χ3n) is 4.45. The topological polar surface area (TPSA) is 53.5 Å². The van der Waals surface area contributed by atoms with Gasteiger partial charge in [-0.1, -0.05) is 29.8 Å². The monoisotopic (exact) mass is 327 g/mol. The van der Waals surface area contributed by atoms with Gasteiger partial charge in [0.15, 0.2) is 0 Å². The predicted octanol–water partition coefficient (Wildman–Crippen LogP) is 3.05. The molecule has 0 unspecified atom stereocenters. The molecule has 0 bridgehead atoms. The second-order valence-corrected chi connectivity index (χ2v) is 6.93. The summed E-state index contributed by atoms with van der Waals surface area (Å²) in [6.45, 7) is 3.01. The highest BCUT2D eigenvalue weighted by atomic mass is 32.1. The van der Waals surface area contributed by atoms with Crippen molar-refractivity contribution >= 4 is 23.3 Å². The van der Waals surface area contributed by atoms with E-state index >= 15 is 0 Å². The number of amides is 3. The van der Waals surface area contributed by atoms with Crippen LogP contribution in [0, 0.1) is 6.92 Å². The highest BCUT2D eigenvalue weighted by Crippen LogP contribution is 2.30. The molecule has 6 heteroatoms. The minimum atomic E-state index is -0.238. The second kappa shape index (κ2) is 5.45. The average Bonchev–Trinajstić information content (AvgIpc) is 3.25. The molecule has 2 saturated heterocycles. The van der Waals surface area contributed by atoms with Gasteiger partial charge in [0, 0.05) is 17.5 Å². The van der Waals surface area contributed by atoms with E-state index in [9.17, 15) is 9.59 Å². The van der Waals surface area contributed by atoms with Crippen LogP contribution in [0.1, 0.15) is 24.1 Å². The summed E-state index contributed by atoms with van der Waals surface area (Å²) in [6.07, 6.45) is 1.71. The number of urea groups is 1. The van der Waals surface area contributed by atoms with Gasteiger partial charge in [-0.15, -0.1) is 11.3 Å². The van der Waals surface area contributed by atoms with Gasteiger partial charge in [0.2, 0.25) is 0 Å². The third-order valence-corrected chi connectivity index (χ3v) is 5.39. The molecule has 5 nitrogen and oxygen atoms in total. The Morgan fingerprint density at radius 1 is 1.26 bits per heavy atom. The highest BCUT2D eigenvalue weighted by Gasteiger charge is 2.47. The second-order valence-electron chi connectivity index (χ2n) is 6.07. The van der Waals surface area contributed by atoms with Gasteiger partial charge in [0.1, 0.15) is 11.0 Å². The Morgan fingerprint density at radius 3 is 2.78 bits per heavy atom. The number of aryl methyl sites for hydroxylation is 1. The lowest BCUT2D eigenvalue weighted by Crippen LogP contribution is -2.32. The molecule has 0 aliphatic carbocycles. The van der Waals surface area contributed by atoms with Gasteiger partial charge in [-0.2, -0.15) is 0 Å². The molecule has 0 radical (unpaired) electrons. The average molecular weight is 327 g/mol. The first-order valence-electron chi connectivity index (χ1n) is 7.77. The van der Waals surface area contributed by atoms with Crippen molar-refractivity contribution in [1.82, 2.24) is 14.8 Å². The first-order valence-corrected chi connectivity index (χ1v) is 8.65. The fourth-order valence-electron chi connectivity index (χ4n) is 3.20. The highest BCUT2D eigenvalue weighted by molar-refractivity contribution is 7.13. The molecule has 23 heavy (non-hydrogen) atoms. The van der Waals surface area contributed by atoms with Gasteiger partial charge in [-0.05, 0) is 19.8 Å². The number of hydrogen-bond acceptors (Lipinski definition) is 4. The number of hydrogen-bond donors (Lipinski definition) is 0. The van der Waals surface area contributed by atoms with E-state index in [-0.39, 0.29) is 24.5 Å². The van der Waals surface area contributed by atoms with Crippen LogP contribution in [0.2, 0.25) is 0 Å². The van der Waals surface area contributed by atoms with Crippen LogP contribution in [0.3, 0.4) is 0 Å². The first-order chi connectivity index (χ1) is 11.1. The molecule has 2 aromatic rings. The summed E-state index contributed by atoms with van der Waals surface area (Å²) in [7, 11) is 0. The van der Waals surface area contributed by atoms with Gasteiger partial charge in [0.05, 0.1) is 12.2 Å². The molecule has 2 fully saturated rings. The zero-order valence-electron chi connectivity index (χ0n) is 12.9. The summed E-state index contributed by atoms with van der Waals surface area (Å²) in [6, 6.07) is 7.79. The molecular weight excluding hydrogens is 310 g/mol. The lowest BCUT2D eigenvalue weighted by atomic mass is 10.2. The Bertz CT molecular complexity index is 746. The van der Waals surface area contributed by atoms with Crippen molar-refractivity contribution in [2.24, 2.45) is 0 Å². The number of aromatic nitrogens is 1. The van der Waals surface area contributed by atoms with Gasteiger partial charge in [-0.25, -0.2) is 9.78 Å². The van der Waals surface area contributed by atoms with Crippen LogP contribution in [-0.4, -0.2) is 39.3 Å². The fraction of sp³-hybridized carbons (Fsp3) is 0.353. The van der Waals surface area contributed by atoms with Crippen LogP contribution >= 0.6 is 11.3 Å². The first kappa shape index (κ1) is 14.4. The molecular formula is C17H17N3O2S. The predicted molar refractivity (Wildman–Crippen MR) is 88.0 cm³/mol. The fourth-order valence-corrected chi connectivity index (χ4v) is 4.01. The normalized spacial score (nSPS) is 20.5. The van der Waals surface area contributed by atoms with E-state index in [1.807, 2.05) is 24.4 Å². The molecule has 1 atom stereocenters. The van der Waals surface area contributed by atoms with Crippen LogP contribution in [0.4, 0.5) is 4.79 Å². The molecule has 3 amide bonds. The maximum absolute atomic E-state index is 12.4. The minimum absolute atomic E-state index is 0.0719. The Labute approximate surface area is 138 Å². The number of imide groups is 1. The summed E-state index contributed by atoms with van der Waals surface area (Å²) in [5, 5.41) is 2.85. The smallest absolute Gasteiger partial charge is 0.312 e. The van der Waals surface area contributed by atoms with E-state index in [0.29, 0.717) is 6.54 Å². The summed E-state index contributed by atoms with van der Waals surface area (Å²) in [4.78, 5) is 32.3. The number of carbonyl (C=O) groups is 2. The lowest BCUT2D eigenvalue weighted by molar-refractivity contribution is -0.128. The Morgan fingerprint density at radius 2 is 2.04 bits per heavy atom. The molecule has 0 saturated carbocycles. The molecule has 0 spiro atoms. The van der Waals surface area contributed by atoms with E-state index in [4.69, 9.17) is 0 Å². The van der Waals surface area contributed by atoms with Crippen LogP contribution in [0.15, 0.2) is 29.6 Å². The maximum atomic E-state index is 12.4. The third kappa shape index (κ3) is 2.43. The van der Waals surface area contributed by atoms with E-state index in [0.717, 1.165) is 29.1 Å². The van der Waals surface area contributed by atoms with Crippen molar-refractivity contribution in [3.05, 3.63) is 40.9 Å². The standard InChI is InChI=1S/C17H17N3O2S/c1-11-4-6-12(7-5-11)15-18-13(10-23-15)9-20-16(21)14-3-2-8-19(14)17(20)22/h4-7,10,14H,2-3,8-9H2,1H3/t14-/m1/s1. The minimum Gasteiger partial charge on any atom is -0.312 e. The van der Waals surface area contributed by atoms with E-state index < -0.39 is 0 Å². The van der Waals surface area contributed by atoms with Crippen LogP contribution < -0.4 is 0 Å². The molecule has 2 aliphatic rings. The van der Waals surface area contributed by atoms with E-state index in [1.54, 1.807) is 16.2 Å². The number of benzene rings is 1. The maximum Gasteiger partial charge on any atom is 0.327 e. The van der Waals surface area contributed by atoms with Crippen LogP contribution in [0.25, 0.3) is 10.6 Å². The number of carbonyl (C=O) groups excluding carboxylic acids is 2. The lowest BCUT2D eigenvalue weighted by Gasteiger charge is -2.14. The van der Waals surface area contributed by atoms with Crippen molar-refractivity contribution in [3.63, 3.8) is 0 Å². The molecule has 4 rings (SSSR count). The summed E-state index contributed by atoms with van der Waals surface area (Å²) >= 11 is 1.54. The molecule has 2 aliphatic heterocycles. The van der Waals surface area contributed by atoms with Crippen molar-refractivity contribution in [2.75, 3.05) is 6.54 Å². The Balaban J connectivity index is 1.53. The summed E-state index contributed by atoms with van der Waals surface area (Å²) in [5.41, 5.74) is 3.04. The van der Waals surface area contributed by atoms with Gasteiger partial charge >= 0.3 is 6.03 Å². The summed E-state index contributed by atoms with van der Waals surface area (Å²) in [5.74, 6) is -0.0719. The Kier molecular flexibility index (Phi) is 3.41. The Hall–Kier alpha value is -2.21. The van der Waals surface area contributed by atoms with Crippen LogP contribution in [0.5, 0.6) is 0 Å². The van der Waals surface area contributed by atoms with Crippen LogP contribution in [-0.2, 0) is 11.3 Å². The number of nitrogens with zero attached hydrogens (tertiary/aromatic N) is 3. The van der Waals surface area contributed by atoms with E-state index in [1.165, 1.54) is 10.5 Å². The SMILES string of the molecule is Cc1ccc(-c2nc(CN3C(=O)[C@H]4CCCN4C3=O)cs2)cc1. The number of rotatable bonds is 3. The van der Waals surface area contributed by atoms with Gasteiger partial charge in [-0.3, -0.25) is 9.69 Å². The molecule has 118 valence electrons. The van der Waals surface area contributed by atoms with Crippen molar-refractivity contribution in [2.45, 2.75) is 32.4 Å². The number of fused-ring (bicyclic) bond motifs is 1. The largest absolute Gasteiger partial charge is 0.327 e. The molecule has 0 N–H and O–H groups in total. The molecule has 1 aromatic heterocycles. The van der Waals surface area contributed by atoms with Crippen molar-refractivity contribution in [3.8, 4) is 10.6 Å². The van der Waals surface area contributed by atoms with Gasteiger partial charge < -0.3 is 4.90 Å². The van der Waals surface area contributed by atoms with E-state index in [2.05, 4.69) is 17.1 Å². The quantitative estimate of drug-likeness (QED) is 0.814. The van der Waals surface area contributed by atoms with Crippen molar-refractivity contribution < 1.29 is 9.59 Å². The van der Waals surface area contributed by atoms with Gasteiger partial charge in [0.25, 0.3) is 5.91 Å². The zero-order valence-corrected chi connectivity index (χ0v) is 13.7. The molecule has 3 heterocycles. The summed E-state index contributed by atoms with van der Waals surface area (Å²) < 4.78 is 0. The zero-order chi connectivity index (χ0) is 16.0. The molecule has 1 aromatic carbocycles. The van der Waals surface area contributed by atoms with Crippen molar-refractivity contribution in [1.29, 1.82) is 0 Å². The number of thiazole rings is 1.